The first kappa shape index (κ1) is 19.4. The monoisotopic (exact) mass is 400 g/mol. The second kappa shape index (κ2) is 7.69. The van der Waals surface area contributed by atoms with Crippen molar-refractivity contribution in [1.29, 1.82) is 0 Å². The van der Waals surface area contributed by atoms with Gasteiger partial charge in [0.15, 0.2) is 0 Å². The molecule has 0 unspecified atom stereocenters. The summed E-state index contributed by atoms with van der Waals surface area (Å²) in [6.07, 6.45) is 0. The Hall–Kier alpha value is -3.39. The van der Waals surface area contributed by atoms with Crippen molar-refractivity contribution in [2.75, 3.05) is 10.0 Å². The minimum Gasteiger partial charge on any atom is -0.506 e. The average Bonchev–Trinajstić information content (AvgIpc) is 2.65. The highest BCUT2D eigenvalue weighted by atomic mass is 32.2. The molecule has 0 aliphatic heterocycles. The molecule has 8 heteroatoms. The largest absolute Gasteiger partial charge is 0.506 e. The highest BCUT2D eigenvalue weighted by Crippen LogP contribution is 2.24. The molecule has 0 bridgehead atoms. The molecule has 28 heavy (non-hydrogen) atoms. The number of sulfonamides is 1. The normalized spacial score (nSPS) is 11.1. The summed E-state index contributed by atoms with van der Waals surface area (Å²) in [7, 11) is -3.98. The number of nitrogens with one attached hydrogen (secondary N) is 2. The molecule has 0 heterocycles. The maximum atomic E-state index is 13.0. The number of phenols is 1. The van der Waals surface area contributed by atoms with Gasteiger partial charge in [-0.1, -0.05) is 18.2 Å². The summed E-state index contributed by atoms with van der Waals surface area (Å²) in [5.74, 6) is -1.14. The van der Waals surface area contributed by atoms with Crippen LogP contribution in [-0.2, 0) is 10.0 Å². The number of para-hydroxylation sites is 2. The SMILES string of the molecule is Cc1ccc(S(=O)(=O)Nc2ccc(F)cc2)cc1C(=O)Nc1ccccc1O. The molecule has 0 saturated heterocycles. The van der Waals surface area contributed by atoms with E-state index in [1.54, 1.807) is 19.1 Å². The Bertz CT molecular complexity index is 1130. The molecule has 0 saturated carbocycles. The predicted molar refractivity (Wildman–Crippen MR) is 104 cm³/mol. The average molecular weight is 400 g/mol. The highest BCUT2D eigenvalue weighted by molar-refractivity contribution is 7.92. The van der Waals surface area contributed by atoms with Crippen molar-refractivity contribution < 1.29 is 22.7 Å². The number of halogens is 1. The van der Waals surface area contributed by atoms with E-state index < -0.39 is 21.7 Å². The Morgan fingerprint density at radius 1 is 1.00 bits per heavy atom. The van der Waals surface area contributed by atoms with Gasteiger partial charge in [0.05, 0.1) is 10.6 Å². The number of amides is 1. The quantitative estimate of drug-likeness (QED) is 0.566. The summed E-state index contributed by atoms with van der Waals surface area (Å²) in [6, 6.07) is 15.2. The summed E-state index contributed by atoms with van der Waals surface area (Å²) >= 11 is 0. The minimum atomic E-state index is -3.98. The third kappa shape index (κ3) is 4.29. The smallest absolute Gasteiger partial charge is 0.261 e. The Kier molecular flexibility index (Phi) is 5.32. The highest BCUT2D eigenvalue weighted by Gasteiger charge is 2.19. The number of anilines is 2. The first-order chi connectivity index (χ1) is 13.3. The Balaban J connectivity index is 1.89. The van der Waals surface area contributed by atoms with Gasteiger partial charge in [-0.05, 0) is 61.0 Å². The van der Waals surface area contributed by atoms with Gasteiger partial charge in [0.2, 0.25) is 0 Å². The van der Waals surface area contributed by atoms with Crippen LogP contribution in [0.4, 0.5) is 15.8 Å². The summed E-state index contributed by atoms with van der Waals surface area (Å²) in [5.41, 5.74) is 1.12. The van der Waals surface area contributed by atoms with Crippen molar-refractivity contribution in [3.63, 3.8) is 0 Å². The summed E-state index contributed by atoms with van der Waals surface area (Å²) < 4.78 is 40.6. The molecule has 1 amide bonds. The van der Waals surface area contributed by atoms with Gasteiger partial charge in [0.25, 0.3) is 15.9 Å². The Labute approximate surface area is 161 Å². The molecular formula is C20H17FN2O4S. The number of aryl methyl sites for hydroxylation is 1. The van der Waals surface area contributed by atoms with Crippen molar-refractivity contribution in [2.24, 2.45) is 0 Å². The summed E-state index contributed by atoms with van der Waals surface area (Å²) in [4.78, 5) is 12.5. The van der Waals surface area contributed by atoms with E-state index in [0.29, 0.717) is 5.56 Å². The van der Waals surface area contributed by atoms with Crippen LogP contribution in [0.25, 0.3) is 0 Å². The van der Waals surface area contributed by atoms with E-state index in [1.165, 1.54) is 42.5 Å². The number of hydrogen-bond donors (Lipinski definition) is 3. The number of carbonyl (C=O) groups is 1. The number of carbonyl (C=O) groups excluding carboxylic acids is 1. The number of hydrogen-bond acceptors (Lipinski definition) is 4. The maximum absolute atomic E-state index is 13.0. The third-order valence-electron chi connectivity index (χ3n) is 4.01. The lowest BCUT2D eigenvalue weighted by molar-refractivity contribution is 0.102. The molecular weight excluding hydrogens is 383 g/mol. The van der Waals surface area contributed by atoms with Crippen LogP contribution in [0.1, 0.15) is 15.9 Å². The van der Waals surface area contributed by atoms with E-state index >= 15 is 0 Å². The molecule has 0 atom stereocenters. The molecule has 0 aliphatic carbocycles. The van der Waals surface area contributed by atoms with Crippen molar-refractivity contribution in [2.45, 2.75) is 11.8 Å². The first-order valence-electron chi connectivity index (χ1n) is 8.25. The Morgan fingerprint density at radius 3 is 2.36 bits per heavy atom. The van der Waals surface area contributed by atoms with Crippen LogP contribution >= 0.6 is 0 Å². The Morgan fingerprint density at radius 2 is 1.68 bits per heavy atom. The van der Waals surface area contributed by atoms with E-state index in [4.69, 9.17) is 0 Å². The molecule has 0 radical (unpaired) electrons. The van der Waals surface area contributed by atoms with Crippen LogP contribution in [0.2, 0.25) is 0 Å². The molecule has 0 aromatic heterocycles. The lowest BCUT2D eigenvalue weighted by Crippen LogP contribution is -2.17. The lowest BCUT2D eigenvalue weighted by Gasteiger charge is -2.12. The number of benzene rings is 3. The zero-order chi connectivity index (χ0) is 20.3. The molecule has 0 spiro atoms. The maximum Gasteiger partial charge on any atom is 0.261 e. The van der Waals surface area contributed by atoms with Crippen molar-refractivity contribution in [3.8, 4) is 5.75 Å². The van der Waals surface area contributed by atoms with Crippen LogP contribution in [-0.4, -0.2) is 19.4 Å². The van der Waals surface area contributed by atoms with Gasteiger partial charge < -0.3 is 10.4 Å². The zero-order valence-electron chi connectivity index (χ0n) is 14.8. The summed E-state index contributed by atoms with van der Waals surface area (Å²) in [6.45, 7) is 1.67. The topological polar surface area (TPSA) is 95.5 Å². The van der Waals surface area contributed by atoms with Crippen molar-refractivity contribution >= 4 is 27.3 Å². The van der Waals surface area contributed by atoms with Crippen LogP contribution in [0.15, 0.2) is 71.6 Å². The first-order valence-corrected chi connectivity index (χ1v) is 9.73. The minimum absolute atomic E-state index is 0.102. The van der Waals surface area contributed by atoms with Gasteiger partial charge in [-0.25, -0.2) is 12.8 Å². The second-order valence-corrected chi connectivity index (χ2v) is 7.74. The van der Waals surface area contributed by atoms with Gasteiger partial charge in [-0.15, -0.1) is 0 Å². The van der Waals surface area contributed by atoms with E-state index in [0.717, 1.165) is 12.1 Å². The number of aromatic hydroxyl groups is 1. The van der Waals surface area contributed by atoms with Gasteiger partial charge in [0, 0.05) is 11.3 Å². The van der Waals surface area contributed by atoms with Crippen molar-refractivity contribution in [1.82, 2.24) is 0 Å². The van der Waals surface area contributed by atoms with Gasteiger partial charge in [-0.2, -0.15) is 0 Å². The standard InChI is InChI=1S/C20H17FN2O4S/c1-13-6-11-16(28(26,27)23-15-9-7-14(21)8-10-15)12-17(13)20(25)22-18-4-2-3-5-19(18)24/h2-12,23-24H,1H3,(H,22,25). The molecule has 3 N–H and O–H groups in total. The molecule has 144 valence electrons. The third-order valence-corrected chi connectivity index (χ3v) is 5.39. The van der Waals surface area contributed by atoms with E-state index in [2.05, 4.69) is 10.0 Å². The van der Waals surface area contributed by atoms with Crippen LogP contribution < -0.4 is 10.0 Å². The van der Waals surface area contributed by atoms with Gasteiger partial charge >= 0.3 is 0 Å². The van der Waals surface area contributed by atoms with Crippen LogP contribution in [0, 0.1) is 12.7 Å². The lowest BCUT2D eigenvalue weighted by atomic mass is 10.1. The molecule has 6 nitrogen and oxygen atoms in total. The van der Waals surface area contributed by atoms with Gasteiger partial charge in [-0.3, -0.25) is 9.52 Å². The fourth-order valence-corrected chi connectivity index (χ4v) is 3.60. The second-order valence-electron chi connectivity index (χ2n) is 6.06. The molecule has 3 aromatic carbocycles. The fourth-order valence-electron chi connectivity index (χ4n) is 2.51. The number of rotatable bonds is 5. The fraction of sp³-hybridized carbons (Fsp3) is 0.0500. The zero-order valence-corrected chi connectivity index (χ0v) is 15.6. The molecule has 0 fully saturated rings. The number of phenolic OH excluding ortho intramolecular Hbond substituents is 1. The van der Waals surface area contributed by atoms with Crippen molar-refractivity contribution in [3.05, 3.63) is 83.7 Å². The van der Waals surface area contributed by atoms with Gasteiger partial charge in [0.1, 0.15) is 11.6 Å². The predicted octanol–water partition coefficient (Wildman–Crippen LogP) is 3.89. The molecule has 3 aromatic rings. The summed E-state index contributed by atoms with van der Waals surface area (Å²) in [5, 5.41) is 12.4. The van der Waals surface area contributed by atoms with E-state index in [1.807, 2.05) is 0 Å². The van der Waals surface area contributed by atoms with Crippen LogP contribution in [0.5, 0.6) is 5.75 Å². The van der Waals surface area contributed by atoms with Crippen LogP contribution in [0.3, 0.4) is 0 Å². The van der Waals surface area contributed by atoms with E-state index in [9.17, 15) is 22.7 Å². The molecule has 0 aliphatic rings. The molecule has 3 rings (SSSR count). The van der Waals surface area contributed by atoms with E-state index in [-0.39, 0.29) is 27.6 Å².